The fraction of sp³-hybridized carbons (Fsp3) is 0.900. The van der Waals surface area contributed by atoms with Crippen molar-refractivity contribution in [2.24, 2.45) is 5.11 Å². The van der Waals surface area contributed by atoms with Crippen LogP contribution in [0, 0.1) is 0 Å². The van der Waals surface area contributed by atoms with Crippen molar-refractivity contribution in [1.82, 2.24) is 0 Å². The molecule has 2 aliphatic rings. The predicted molar refractivity (Wildman–Crippen MR) is 58.5 cm³/mol. The number of hydrogen-bond donors (Lipinski definition) is 0. The number of esters is 1. The van der Waals surface area contributed by atoms with Gasteiger partial charge >= 0.3 is 5.97 Å². The zero-order chi connectivity index (χ0) is 13.3. The van der Waals surface area contributed by atoms with Gasteiger partial charge in [-0.2, -0.15) is 0 Å². The van der Waals surface area contributed by atoms with Crippen LogP contribution in [0.25, 0.3) is 10.4 Å². The minimum Gasteiger partial charge on any atom is -0.467 e. The summed E-state index contributed by atoms with van der Waals surface area (Å²) in [5, 5.41) is 3.45. The first kappa shape index (κ1) is 13.1. The van der Waals surface area contributed by atoms with E-state index in [0.717, 1.165) is 0 Å². The van der Waals surface area contributed by atoms with Crippen LogP contribution in [-0.2, 0) is 23.7 Å². The highest BCUT2D eigenvalue weighted by atomic mass is 16.8. The molecule has 2 aliphatic heterocycles. The lowest BCUT2D eigenvalue weighted by Crippen LogP contribution is -2.36. The van der Waals surface area contributed by atoms with Crippen molar-refractivity contribution < 1.29 is 23.7 Å². The van der Waals surface area contributed by atoms with Crippen LogP contribution in [-0.4, -0.2) is 49.8 Å². The predicted octanol–water partition coefficient (Wildman–Crippen LogP) is 0.757. The summed E-state index contributed by atoms with van der Waals surface area (Å²) in [4.78, 5) is 14.3. The SMILES string of the molecule is COC(=O)[C@H]1O[C@H](CN=[N+]=[N-])[C@H]2OC(C)(C)O[C@H]21. The van der Waals surface area contributed by atoms with E-state index in [-0.39, 0.29) is 6.54 Å². The van der Waals surface area contributed by atoms with Crippen LogP contribution in [0.5, 0.6) is 0 Å². The van der Waals surface area contributed by atoms with Gasteiger partial charge < -0.3 is 18.9 Å². The van der Waals surface area contributed by atoms with Crippen molar-refractivity contribution in [2.75, 3.05) is 13.7 Å². The lowest BCUT2D eigenvalue weighted by atomic mass is 10.1. The molecule has 100 valence electrons. The van der Waals surface area contributed by atoms with E-state index in [0.29, 0.717) is 0 Å². The average Bonchev–Trinajstić information content (AvgIpc) is 2.79. The van der Waals surface area contributed by atoms with Crippen molar-refractivity contribution >= 4 is 5.97 Å². The summed E-state index contributed by atoms with van der Waals surface area (Å²) in [7, 11) is 1.28. The van der Waals surface area contributed by atoms with Gasteiger partial charge in [0.1, 0.15) is 12.2 Å². The molecule has 2 heterocycles. The van der Waals surface area contributed by atoms with Gasteiger partial charge in [-0.15, -0.1) is 0 Å². The fourth-order valence-electron chi connectivity index (χ4n) is 2.25. The number of carbonyl (C=O) groups is 1. The second kappa shape index (κ2) is 4.74. The number of ether oxygens (including phenoxy) is 4. The average molecular weight is 257 g/mol. The largest absolute Gasteiger partial charge is 0.467 e. The van der Waals surface area contributed by atoms with Crippen LogP contribution < -0.4 is 0 Å². The molecule has 0 N–H and O–H groups in total. The minimum absolute atomic E-state index is 0.0879. The quantitative estimate of drug-likeness (QED) is 0.321. The normalized spacial score (nSPS) is 36.8. The maximum atomic E-state index is 11.6. The Hall–Kier alpha value is -1.34. The fourth-order valence-corrected chi connectivity index (χ4v) is 2.25. The Morgan fingerprint density at radius 3 is 2.72 bits per heavy atom. The van der Waals surface area contributed by atoms with E-state index >= 15 is 0 Å². The number of azide groups is 1. The zero-order valence-corrected chi connectivity index (χ0v) is 10.4. The summed E-state index contributed by atoms with van der Waals surface area (Å²) in [6.45, 7) is 3.60. The Balaban J connectivity index is 2.17. The van der Waals surface area contributed by atoms with Crippen LogP contribution in [0.1, 0.15) is 13.8 Å². The topological polar surface area (TPSA) is 103 Å². The molecule has 0 amide bonds. The highest BCUT2D eigenvalue weighted by Crippen LogP contribution is 2.39. The number of nitrogens with zero attached hydrogens (tertiary/aromatic N) is 3. The second-order valence-electron chi connectivity index (χ2n) is 4.60. The van der Waals surface area contributed by atoms with Gasteiger partial charge in [0.25, 0.3) is 0 Å². The smallest absolute Gasteiger partial charge is 0.337 e. The lowest BCUT2D eigenvalue weighted by molar-refractivity contribution is -0.194. The molecule has 0 saturated carbocycles. The highest BCUT2D eigenvalue weighted by Gasteiger charge is 2.57. The van der Waals surface area contributed by atoms with Gasteiger partial charge in [-0.1, -0.05) is 5.11 Å². The van der Waals surface area contributed by atoms with E-state index in [1.807, 2.05) is 0 Å². The first-order valence-electron chi connectivity index (χ1n) is 5.58. The first-order chi connectivity index (χ1) is 8.48. The van der Waals surface area contributed by atoms with E-state index in [2.05, 4.69) is 14.8 Å². The molecular formula is C10H15N3O5. The second-order valence-corrected chi connectivity index (χ2v) is 4.60. The summed E-state index contributed by atoms with van der Waals surface area (Å²) >= 11 is 0. The zero-order valence-electron chi connectivity index (χ0n) is 10.4. The van der Waals surface area contributed by atoms with Gasteiger partial charge in [-0.3, -0.25) is 0 Å². The van der Waals surface area contributed by atoms with Crippen molar-refractivity contribution in [3.05, 3.63) is 10.4 Å². The molecule has 0 aliphatic carbocycles. The Kier molecular flexibility index (Phi) is 3.45. The maximum absolute atomic E-state index is 11.6. The van der Waals surface area contributed by atoms with Crippen LogP contribution in [0.3, 0.4) is 0 Å². The number of fused-ring (bicyclic) bond motifs is 1. The van der Waals surface area contributed by atoms with Crippen LogP contribution in [0.2, 0.25) is 0 Å². The summed E-state index contributed by atoms with van der Waals surface area (Å²) < 4.78 is 21.5. The molecule has 4 atom stereocenters. The lowest BCUT2D eigenvalue weighted by Gasteiger charge is -2.22. The number of carbonyl (C=O) groups excluding carboxylic acids is 1. The summed E-state index contributed by atoms with van der Waals surface area (Å²) in [6, 6.07) is 0. The third-order valence-corrected chi connectivity index (χ3v) is 2.91. The Labute approximate surface area is 104 Å². The molecule has 0 bridgehead atoms. The molecule has 0 unspecified atom stereocenters. The Bertz CT molecular complexity index is 393. The molecule has 2 rings (SSSR count). The third-order valence-electron chi connectivity index (χ3n) is 2.91. The molecule has 0 aromatic heterocycles. The van der Waals surface area contributed by atoms with Gasteiger partial charge in [0.05, 0.1) is 19.8 Å². The van der Waals surface area contributed by atoms with E-state index in [1.54, 1.807) is 13.8 Å². The van der Waals surface area contributed by atoms with Crippen LogP contribution in [0.4, 0.5) is 0 Å². The van der Waals surface area contributed by atoms with Gasteiger partial charge in [-0.05, 0) is 19.4 Å². The molecular weight excluding hydrogens is 242 g/mol. The highest BCUT2D eigenvalue weighted by molar-refractivity contribution is 5.76. The van der Waals surface area contributed by atoms with Crippen molar-refractivity contribution in [3.63, 3.8) is 0 Å². The maximum Gasteiger partial charge on any atom is 0.337 e. The summed E-state index contributed by atoms with van der Waals surface area (Å²) in [6.07, 6.45) is -2.32. The van der Waals surface area contributed by atoms with Gasteiger partial charge in [-0.25, -0.2) is 4.79 Å². The van der Waals surface area contributed by atoms with Gasteiger partial charge in [0.15, 0.2) is 11.9 Å². The van der Waals surface area contributed by atoms with Crippen molar-refractivity contribution in [2.45, 2.75) is 44.1 Å². The monoisotopic (exact) mass is 257 g/mol. The molecule has 0 aromatic rings. The molecule has 8 heteroatoms. The molecule has 0 spiro atoms. The minimum atomic E-state index is -0.847. The molecule has 18 heavy (non-hydrogen) atoms. The van der Waals surface area contributed by atoms with E-state index in [1.165, 1.54) is 7.11 Å². The molecule has 8 nitrogen and oxygen atoms in total. The van der Waals surface area contributed by atoms with E-state index in [4.69, 9.17) is 19.7 Å². The number of hydrogen-bond acceptors (Lipinski definition) is 6. The molecule has 2 fully saturated rings. The van der Waals surface area contributed by atoms with Crippen molar-refractivity contribution in [1.29, 1.82) is 0 Å². The van der Waals surface area contributed by atoms with Crippen molar-refractivity contribution in [3.8, 4) is 0 Å². The molecule has 0 aromatic carbocycles. The molecule has 0 radical (unpaired) electrons. The van der Waals surface area contributed by atoms with Gasteiger partial charge in [0, 0.05) is 4.91 Å². The standard InChI is InChI=1S/C10H15N3O5/c1-10(2)17-6-5(4-12-13-11)16-8(7(6)18-10)9(14)15-3/h5-8H,4H2,1-3H3/t5-,6-,7-,8+/m1/s1. The number of rotatable bonds is 3. The Morgan fingerprint density at radius 2 is 2.11 bits per heavy atom. The van der Waals surface area contributed by atoms with Crippen LogP contribution >= 0.6 is 0 Å². The third kappa shape index (κ3) is 2.28. The van der Waals surface area contributed by atoms with E-state index < -0.39 is 36.2 Å². The van der Waals surface area contributed by atoms with Gasteiger partial charge in [0.2, 0.25) is 0 Å². The number of methoxy groups -OCH3 is 1. The van der Waals surface area contributed by atoms with Crippen LogP contribution in [0.15, 0.2) is 5.11 Å². The summed E-state index contributed by atoms with van der Waals surface area (Å²) in [5.74, 6) is -1.31. The van der Waals surface area contributed by atoms with E-state index in [9.17, 15) is 4.79 Å². The molecule has 2 saturated heterocycles. The first-order valence-corrected chi connectivity index (χ1v) is 5.58. The Morgan fingerprint density at radius 1 is 1.44 bits per heavy atom. The summed E-state index contributed by atoms with van der Waals surface area (Å²) in [5.41, 5.74) is 8.33.